The second-order valence-corrected chi connectivity index (χ2v) is 5.40. The number of rotatable bonds is 3. The topological polar surface area (TPSA) is 92.2 Å². The average molecular weight is 302 g/mol. The summed E-state index contributed by atoms with van der Waals surface area (Å²) in [4.78, 5) is 37.6. The summed E-state index contributed by atoms with van der Waals surface area (Å²) in [5, 5.41) is 10.6. The molecule has 0 fully saturated rings. The van der Waals surface area contributed by atoms with Gasteiger partial charge >= 0.3 is 11.7 Å². The van der Waals surface area contributed by atoms with Gasteiger partial charge < -0.3 is 10.1 Å². The molecule has 0 bridgehead atoms. The maximum atomic E-state index is 12.2. The predicted molar refractivity (Wildman–Crippen MR) is 79.2 cm³/mol. The largest absolute Gasteiger partial charge is 0.478 e. The van der Waals surface area contributed by atoms with Crippen molar-refractivity contribution >= 4 is 27.5 Å². The second kappa shape index (κ2) is 5.02. The number of aromatic amines is 1. The van der Waals surface area contributed by atoms with Gasteiger partial charge in [-0.1, -0.05) is 12.1 Å². The van der Waals surface area contributed by atoms with Gasteiger partial charge in [0, 0.05) is 0 Å². The van der Waals surface area contributed by atoms with E-state index < -0.39 is 11.7 Å². The molecule has 2 heterocycles. The molecule has 3 aromatic rings. The van der Waals surface area contributed by atoms with E-state index in [4.69, 9.17) is 5.11 Å². The van der Waals surface area contributed by atoms with Crippen LogP contribution in [0.2, 0.25) is 0 Å². The highest BCUT2D eigenvalue weighted by Crippen LogP contribution is 2.12. The second-order valence-electron chi connectivity index (χ2n) is 4.49. The first-order valence-corrected chi connectivity index (χ1v) is 6.97. The minimum atomic E-state index is -1.02. The predicted octanol–water partition coefficient (Wildman–Crippen LogP) is 1.50. The highest BCUT2D eigenvalue weighted by Gasteiger charge is 2.09. The first-order valence-electron chi connectivity index (χ1n) is 6.09. The smallest absolute Gasteiger partial charge is 0.335 e. The van der Waals surface area contributed by atoms with Gasteiger partial charge in [0.2, 0.25) is 0 Å². The SMILES string of the molecule is O=C(O)c1ccc(Cn2c(=O)[nH]c3ccsc3c2=O)cc1. The number of H-pyrrole nitrogens is 1. The Balaban J connectivity index is 2.03. The van der Waals surface area contributed by atoms with E-state index in [2.05, 4.69) is 4.98 Å². The number of aromatic carboxylic acids is 1. The third-order valence-electron chi connectivity index (χ3n) is 3.13. The molecule has 0 atom stereocenters. The number of hydrogen-bond acceptors (Lipinski definition) is 4. The highest BCUT2D eigenvalue weighted by atomic mass is 32.1. The van der Waals surface area contributed by atoms with E-state index in [1.165, 1.54) is 23.5 Å². The van der Waals surface area contributed by atoms with E-state index in [1.807, 2.05) is 0 Å². The normalized spacial score (nSPS) is 10.9. The van der Waals surface area contributed by atoms with Gasteiger partial charge in [-0.25, -0.2) is 9.59 Å². The molecule has 7 heteroatoms. The van der Waals surface area contributed by atoms with E-state index in [0.29, 0.717) is 15.8 Å². The lowest BCUT2D eigenvalue weighted by atomic mass is 10.1. The molecule has 2 aromatic heterocycles. The molecule has 0 radical (unpaired) electrons. The lowest BCUT2D eigenvalue weighted by Gasteiger charge is -2.05. The standard InChI is InChI=1S/C14H10N2O4S/c17-12-11-10(5-6-21-11)15-14(20)16(12)7-8-1-3-9(4-2-8)13(18)19/h1-6H,7H2,(H,15,20)(H,18,19). The number of carboxylic acids is 1. The Hall–Kier alpha value is -2.67. The zero-order chi connectivity index (χ0) is 15.0. The molecule has 6 nitrogen and oxygen atoms in total. The Morgan fingerprint density at radius 2 is 1.90 bits per heavy atom. The maximum Gasteiger partial charge on any atom is 0.335 e. The Labute approximate surface area is 121 Å². The van der Waals surface area contributed by atoms with Crippen LogP contribution in [0.4, 0.5) is 0 Å². The van der Waals surface area contributed by atoms with Crippen molar-refractivity contribution in [3.63, 3.8) is 0 Å². The summed E-state index contributed by atoms with van der Waals surface area (Å²) >= 11 is 1.27. The summed E-state index contributed by atoms with van der Waals surface area (Å²) < 4.78 is 1.60. The molecular weight excluding hydrogens is 292 g/mol. The van der Waals surface area contributed by atoms with Gasteiger partial charge in [0.05, 0.1) is 17.6 Å². The van der Waals surface area contributed by atoms with Gasteiger partial charge in [-0.05, 0) is 29.1 Å². The van der Waals surface area contributed by atoms with Gasteiger partial charge in [0.1, 0.15) is 4.70 Å². The monoisotopic (exact) mass is 302 g/mol. The van der Waals surface area contributed by atoms with Crippen molar-refractivity contribution < 1.29 is 9.90 Å². The van der Waals surface area contributed by atoms with Gasteiger partial charge in [0.15, 0.2) is 0 Å². The van der Waals surface area contributed by atoms with E-state index in [1.54, 1.807) is 23.6 Å². The molecule has 0 spiro atoms. The Morgan fingerprint density at radius 3 is 2.57 bits per heavy atom. The van der Waals surface area contributed by atoms with Crippen molar-refractivity contribution in [1.29, 1.82) is 0 Å². The first-order chi connectivity index (χ1) is 10.1. The Bertz CT molecular complexity index is 934. The maximum absolute atomic E-state index is 12.2. The van der Waals surface area contributed by atoms with Crippen LogP contribution in [-0.2, 0) is 6.54 Å². The van der Waals surface area contributed by atoms with Crippen LogP contribution in [0.5, 0.6) is 0 Å². The van der Waals surface area contributed by atoms with Crippen LogP contribution >= 0.6 is 11.3 Å². The average Bonchev–Trinajstić information content (AvgIpc) is 2.92. The summed E-state index contributed by atoms with van der Waals surface area (Å²) in [6.45, 7) is 0.0991. The molecule has 3 rings (SSSR count). The number of benzene rings is 1. The number of carbonyl (C=O) groups is 1. The first kappa shape index (κ1) is 13.3. The van der Waals surface area contributed by atoms with Gasteiger partial charge in [-0.15, -0.1) is 11.3 Å². The van der Waals surface area contributed by atoms with Gasteiger partial charge in [-0.2, -0.15) is 0 Å². The molecule has 0 unspecified atom stereocenters. The number of hydrogen-bond donors (Lipinski definition) is 2. The van der Waals surface area contributed by atoms with Gasteiger partial charge in [0.25, 0.3) is 5.56 Å². The molecule has 0 aliphatic carbocycles. The van der Waals surface area contributed by atoms with Crippen molar-refractivity contribution in [2.75, 3.05) is 0 Å². The minimum Gasteiger partial charge on any atom is -0.478 e. The zero-order valence-electron chi connectivity index (χ0n) is 10.7. The number of nitrogens with zero attached hydrogens (tertiary/aromatic N) is 1. The van der Waals surface area contributed by atoms with Gasteiger partial charge in [-0.3, -0.25) is 9.36 Å². The summed E-state index contributed by atoms with van der Waals surface area (Å²) in [6.07, 6.45) is 0. The fraction of sp³-hybridized carbons (Fsp3) is 0.0714. The third-order valence-corrected chi connectivity index (χ3v) is 4.04. The van der Waals surface area contributed by atoms with Crippen LogP contribution in [0.3, 0.4) is 0 Å². The Kier molecular flexibility index (Phi) is 3.19. The lowest BCUT2D eigenvalue weighted by Crippen LogP contribution is -2.34. The van der Waals surface area contributed by atoms with Crippen LogP contribution in [0, 0.1) is 0 Å². The number of nitrogens with one attached hydrogen (secondary N) is 1. The van der Waals surface area contributed by atoms with Crippen molar-refractivity contribution in [2.24, 2.45) is 0 Å². The molecule has 2 N–H and O–H groups in total. The van der Waals surface area contributed by atoms with E-state index in [9.17, 15) is 14.4 Å². The molecule has 0 saturated heterocycles. The molecule has 0 aliphatic heterocycles. The van der Waals surface area contributed by atoms with E-state index in [-0.39, 0.29) is 17.7 Å². The van der Waals surface area contributed by atoms with Crippen molar-refractivity contribution in [2.45, 2.75) is 6.54 Å². The van der Waals surface area contributed by atoms with Crippen LogP contribution in [0.1, 0.15) is 15.9 Å². The fourth-order valence-electron chi connectivity index (χ4n) is 2.05. The zero-order valence-corrected chi connectivity index (χ0v) is 11.5. The van der Waals surface area contributed by atoms with E-state index >= 15 is 0 Å². The quantitative estimate of drug-likeness (QED) is 0.767. The molecule has 106 valence electrons. The lowest BCUT2D eigenvalue weighted by molar-refractivity contribution is 0.0697. The molecule has 1 aromatic carbocycles. The summed E-state index contributed by atoms with van der Waals surface area (Å²) in [5.74, 6) is -1.02. The minimum absolute atomic E-state index is 0.0991. The fourth-order valence-corrected chi connectivity index (χ4v) is 2.85. The van der Waals surface area contributed by atoms with Crippen molar-refractivity contribution in [3.05, 3.63) is 67.7 Å². The third kappa shape index (κ3) is 2.38. The van der Waals surface area contributed by atoms with Crippen LogP contribution in [0.25, 0.3) is 10.2 Å². The molecule has 21 heavy (non-hydrogen) atoms. The summed E-state index contributed by atoms with van der Waals surface area (Å²) in [5.41, 5.74) is 0.559. The molecular formula is C14H10N2O4S. The summed E-state index contributed by atoms with van der Waals surface area (Å²) in [7, 11) is 0. The molecule has 0 saturated carbocycles. The van der Waals surface area contributed by atoms with Crippen molar-refractivity contribution in [3.8, 4) is 0 Å². The summed E-state index contributed by atoms with van der Waals surface area (Å²) in [6, 6.07) is 7.76. The molecule has 0 aliphatic rings. The number of carboxylic acid groups (broad SMARTS) is 1. The van der Waals surface area contributed by atoms with E-state index in [0.717, 1.165) is 4.57 Å². The number of aromatic nitrogens is 2. The highest BCUT2D eigenvalue weighted by molar-refractivity contribution is 7.17. The Morgan fingerprint density at radius 1 is 1.19 bits per heavy atom. The molecule has 0 amide bonds. The van der Waals surface area contributed by atoms with Crippen LogP contribution < -0.4 is 11.2 Å². The number of fused-ring (bicyclic) bond motifs is 1. The van der Waals surface area contributed by atoms with Crippen LogP contribution in [0.15, 0.2) is 45.3 Å². The van der Waals surface area contributed by atoms with Crippen LogP contribution in [-0.4, -0.2) is 20.6 Å². The van der Waals surface area contributed by atoms with Crippen molar-refractivity contribution in [1.82, 2.24) is 9.55 Å². The number of thiophene rings is 1.